The van der Waals surface area contributed by atoms with Crippen LogP contribution in [0.2, 0.25) is 0 Å². The molecule has 0 spiro atoms. The predicted molar refractivity (Wildman–Crippen MR) is 118 cm³/mol. The molecule has 1 saturated heterocycles. The minimum atomic E-state index is -3.39. The van der Waals surface area contributed by atoms with Crippen LogP contribution in [0.3, 0.4) is 0 Å². The van der Waals surface area contributed by atoms with Crippen molar-refractivity contribution in [2.75, 3.05) is 20.0 Å². The first-order chi connectivity index (χ1) is 14.9. The van der Waals surface area contributed by atoms with Crippen molar-refractivity contribution in [3.8, 4) is 0 Å². The number of carbonyl (C=O) groups excluding carboxylic acids is 1. The van der Waals surface area contributed by atoms with Gasteiger partial charge in [-0.05, 0) is 62.3 Å². The summed E-state index contributed by atoms with van der Waals surface area (Å²) in [5, 5.41) is 0. The van der Waals surface area contributed by atoms with E-state index in [0.29, 0.717) is 24.9 Å². The zero-order chi connectivity index (χ0) is 22.0. The number of methoxy groups -OCH3 is 1. The van der Waals surface area contributed by atoms with Crippen molar-refractivity contribution in [2.24, 2.45) is 5.92 Å². The highest BCUT2D eigenvalue weighted by Crippen LogP contribution is 2.43. The van der Waals surface area contributed by atoms with Crippen LogP contribution in [0.25, 0.3) is 0 Å². The molecular formula is C23H34N2O5S. The van der Waals surface area contributed by atoms with E-state index < -0.39 is 16.1 Å². The van der Waals surface area contributed by atoms with Gasteiger partial charge in [0.2, 0.25) is 10.0 Å². The van der Waals surface area contributed by atoms with Crippen LogP contribution in [0.4, 0.5) is 4.79 Å². The molecule has 1 aromatic rings. The van der Waals surface area contributed by atoms with Gasteiger partial charge in [-0.2, -0.15) is 0 Å². The van der Waals surface area contributed by atoms with E-state index in [-0.39, 0.29) is 24.2 Å². The van der Waals surface area contributed by atoms with E-state index in [0.717, 1.165) is 38.5 Å². The molecule has 2 saturated carbocycles. The molecule has 1 heterocycles. The zero-order valence-electron chi connectivity index (χ0n) is 18.4. The highest BCUT2D eigenvalue weighted by Gasteiger charge is 2.51. The molecule has 2 aliphatic carbocycles. The van der Waals surface area contributed by atoms with E-state index in [4.69, 9.17) is 9.47 Å². The number of nitrogens with one attached hydrogen (secondary N) is 1. The summed E-state index contributed by atoms with van der Waals surface area (Å²) < 4.78 is 38.0. The molecule has 1 aromatic carbocycles. The number of nitrogens with zero attached hydrogens (tertiary/aromatic N) is 1. The number of rotatable bonds is 7. The molecule has 3 fully saturated rings. The lowest BCUT2D eigenvalue weighted by Crippen LogP contribution is -2.50. The maximum absolute atomic E-state index is 12.6. The first-order valence-corrected chi connectivity index (χ1v) is 13.2. The number of hydrogen-bond acceptors (Lipinski definition) is 5. The first kappa shape index (κ1) is 22.6. The summed E-state index contributed by atoms with van der Waals surface area (Å²) in [6, 6.07) is 9.92. The lowest BCUT2D eigenvalue weighted by atomic mass is 9.83. The zero-order valence-corrected chi connectivity index (χ0v) is 19.2. The number of benzene rings is 1. The molecule has 7 nitrogen and oxygen atoms in total. The van der Waals surface area contributed by atoms with Crippen molar-refractivity contribution in [1.29, 1.82) is 0 Å². The largest absolute Gasteiger partial charge is 0.453 e. The summed E-state index contributed by atoms with van der Waals surface area (Å²) in [6.45, 7) is 0.326. The van der Waals surface area contributed by atoms with Gasteiger partial charge in [0.1, 0.15) is 0 Å². The standard InChI is InChI=1S/C23H34N2O5S/c1-29-23(26)25-21(18-8-9-18)14-20(24-31(2,27)28)22(25)15-30-19-12-10-17(11-13-19)16-6-4-3-5-7-16/h3-7,17-22,24H,8-15H2,1-2H3/t17-,19+,20-,21?,22-/m0/s1. The molecule has 1 amide bonds. The van der Waals surface area contributed by atoms with Gasteiger partial charge in [0.15, 0.2) is 0 Å². The van der Waals surface area contributed by atoms with Gasteiger partial charge in [0.05, 0.1) is 32.1 Å². The lowest BCUT2D eigenvalue weighted by Gasteiger charge is -2.33. The molecular weight excluding hydrogens is 416 g/mol. The van der Waals surface area contributed by atoms with Crippen molar-refractivity contribution in [2.45, 2.75) is 75.1 Å². The Labute approximate surface area is 185 Å². The Morgan fingerprint density at radius 1 is 1.10 bits per heavy atom. The lowest BCUT2D eigenvalue weighted by molar-refractivity contribution is -0.0102. The third-order valence-corrected chi connectivity index (χ3v) is 7.77. The number of ether oxygens (including phenoxy) is 2. The molecule has 0 radical (unpaired) electrons. The smallest absolute Gasteiger partial charge is 0.410 e. The van der Waals surface area contributed by atoms with E-state index in [1.165, 1.54) is 18.9 Å². The molecule has 4 rings (SSSR count). The van der Waals surface area contributed by atoms with Crippen molar-refractivity contribution < 1.29 is 22.7 Å². The molecule has 172 valence electrons. The summed E-state index contributed by atoms with van der Waals surface area (Å²) in [6.07, 6.45) is 7.77. The number of carbonyl (C=O) groups is 1. The maximum Gasteiger partial charge on any atom is 0.410 e. The van der Waals surface area contributed by atoms with Gasteiger partial charge in [-0.3, -0.25) is 4.90 Å². The van der Waals surface area contributed by atoms with Crippen molar-refractivity contribution in [3.05, 3.63) is 35.9 Å². The van der Waals surface area contributed by atoms with Crippen LogP contribution in [0, 0.1) is 5.92 Å². The molecule has 1 aliphatic heterocycles. The van der Waals surface area contributed by atoms with Crippen LogP contribution < -0.4 is 4.72 Å². The van der Waals surface area contributed by atoms with E-state index in [1.807, 2.05) is 6.07 Å². The second kappa shape index (κ2) is 9.46. The van der Waals surface area contributed by atoms with Crippen LogP contribution in [-0.2, 0) is 19.5 Å². The van der Waals surface area contributed by atoms with Crippen LogP contribution in [0.1, 0.15) is 56.4 Å². The fraction of sp³-hybridized carbons (Fsp3) is 0.696. The van der Waals surface area contributed by atoms with Crippen LogP contribution >= 0.6 is 0 Å². The van der Waals surface area contributed by atoms with Crippen molar-refractivity contribution in [3.63, 3.8) is 0 Å². The fourth-order valence-electron chi connectivity index (χ4n) is 5.37. The van der Waals surface area contributed by atoms with Crippen molar-refractivity contribution in [1.82, 2.24) is 9.62 Å². The predicted octanol–water partition coefficient (Wildman–Crippen LogP) is 3.27. The van der Waals surface area contributed by atoms with Crippen LogP contribution in [-0.4, -0.2) is 63.6 Å². The summed E-state index contributed by atoms with van der Waals surface area (Å²) in [7, 11) is -2.01. The van der Waals surface area contributed by atoms with Gasteiger partial charge < -0.3 is 9.47 Å². The quantitative estimate of drug-likeness (QED) is 0.689. The van der Waals surface area contributed by atoms with E-state index in [1.54, 1.807) is 4.90 Å². The van der Waals surface area contributed by atoms with E-state index in [9.17, 15) is 13.2 Å². The Morgan fingerprint density at radius 3 is 2.35 bits per heavy atom. The number of hydrogen-bond donors (Lipinski definition) is 1. The highest BCUT2D eigenvalue weighted by atomic mass is 32.2. The normalized spacial score (nSPS) is 31.5. The minimum Gasteiger partial charge on any atom is -0.453 e. The SMILES string of the molecule is COC(=O)N1C(C2CC2)C[C@H](NS(C)(=O)=O)[C@@H]1CO[C@H]1CC[C@@H](c2ccccc2)CC1. The maximum atomic E-state index is 12.6. The third-order valence-electron chi connectivity index (χ3n) is 7.04. The van der Waals surface area contributed by atoms with Gasteiger partial charge in [-0.15, -0.1) is 0 Å². The van der Waals surface area contributed by atoms with Crippen molar-refractivity contribution >= 4 is 16.1 Å². The Kier molecular flexibility index (Phi) is 6.89. The summed E-state index contributed by atoms with van der Waals surface area (Å²) in [4.78, 5) is 14.3. The molecule has 3 atom stereocenters. The molecule has 0 bridgehead atoms. The highest BCUT2D eigenvalue weighted by molar-refractivity contribution is 7.88. The van der Waals surface area contributed by atoms with Gasteiger partial charge in [0.25, 0.3) is 0 Å². The van der Waals surface area contributed by atoms with Gasteiger partial charge in [-0.1, -0.05) is 30.3 Å². The second-order valence-corrected chi connectivity index (χ2v) is 11.1. The number of likely N-dealkylation sites (tertiary alicyclic amines) is 1. The number of sulfonamides is 1. The molecule has 1 unspecified atom stereocenters. The summed E-state index contributed by atoms with van der Waals surface area (Å²) in [5.74, 6) is 0.993. The summed E-state index contributed by atoms with van der Waals surface area (Å²) in [5.41, 5.74) is 1.39. The van der Waals surface area contributed by atoms with Gasteiger partial charge in [-0.25, -0.2) is 17.9 Å². The fourth-order valence-corrected chi connectivity index (χ4v) is 6.17. The Balaban J connectivity index is 1.39. The second-order valence-electron chi connectivity index (χ2n) is 9.30. The molecule has 8 heteroatoms. The average Bonchev–Trinajstić information content (AvgIpc) is 3.54. The molecule has 1 N–H and O–H groups in total. The molecule has 31 heavy (non-hydrogen) atoms. The average molecular weight is 451 g/mol. The monoisotopic (exact) mass is 450 g/mol. The van der Waals surface area contributed by atoms with Gasteiger partial charge >= 0.3 is 6.09 Å². The Hall–Kier alpha value is -1.64. The third kappa shape index (κ3) is 5.59. The van der Waals surface area contributed by atoms with E-state index >= 15 is 0 Å². The minimum absolute atomic E-state index is 0.00844. The first-order valence-electron chi connectivity index (χ1n) is 11.4. The van der Waals surface area contributed by atoms with E-state index in [2.05, 4.69) is 29.0 Å². The Bertz CT molecular complexity index is 850. The van der Waals surface area contributed by atoms with Crippen LogP contribution in [0.15, 0.2) is 30.3 Å². The topological polar surface area (TPSA) is 84.9 Å². The summed E-state index contributed by atoms with van der Waals surface area (Å²) >= 11 is 0. The Morgan fingerprint density at radius 2 is 1.77 bits per heavy atom. The molecule has 0 aromatic heterocycles. The molecule has 3 aliphatic rings. The van der Waals surface area contributed by atoms with Gasteiger partial charge in [0, 0.05) is 12.1 Å². The number of amides is 1. The van der Waals surface area contributed by atoms with Crippen LogP contribution in [0.5, 0.6) is 0 Å².